The molecule has 0 bridgehead atoms. The first-order valence-corrected chi connectivity index (χ1v) is 4.63. The van der Waals surface area contributed by atoms with Gasteiger partial charge in [0, 0.05) is 17.6 Å². The van der Waals surface area contributed by atoms with Gasteiger partial charge in [-0.3, -0.25) is 4.68 Å². The number of rotatable bonds is 1. The van der Waals surface area contributed by atoms with E-state index in [0.29, 0.717) is 6.04 Å². The Morgan fingerprint density at radius 1 is 1.31 bits per heavy atom. The van der Waals surface area contributed by atoms with E-state index in [1.807, 2.05) is 4.68 Å². The summed E-state index contributed by atoms with van der Waals surface area (Å²) in [7, 11) is 0. The lowest BCUT2D eigenvalue weighted by Crippen LogP contribution is -1.99. The summed E-state index contributed by atoms with van der Waals surface area (Å²) in [6.07, 6.45) is 2.12. The molecule has 0 saturated heterocycles. The molecule has 2 nitrogen and oxygen atoms in total. The van der Waals surface area contributed by atoms with Gasteiger partial charge in [0.2, 0.25) is 0 Å². The summed E-state index contributed by atoms with van der Waals surface area (Å²) in [6, 6.07) is 6.66. The Bertz CT molecular complexity index is 427. The van der Waals surface area contributed by atoms with Crippen LogP contribution in [-0.4, -0.2) is 9.78 Å². The van der Waals surface area contributed by atoms with Crippen molar-refractivity contribution in [2.24, 2.45) is 0 Å². The van der Waals surface area contributed by atoms with Crippen LogP contribution in [0.5, 0.6) is 0 Å². The predicted octanol–water partition coefficient (Wildman–Crippen LogP) is 2.93. The fourth-order valence-corrected chi connectivity index (χ4v) is 1.47. The third kappa shape index (κ3) is 1.32. The van der Waals surface area contributed by atoms with E-state index in [4.69, 9.17) is 0 Å². The van der Waals surface area contributed by atoms with Crippen molar-refractivity contribution in [3.63, 3.8) is 0 Å². The second-order valence-corrected chi connectivity index (χ2v) is 3.71. The average molecular weight is 174 g/mol. The molecule has 2 aromatic rings. The van der Waals surface area contributed by atoms with Crippen molar-refractivity contribution < 1.29 is 0 Å². The van der Waals surface area contributed by atoms with E-state index in [9.17, 15) is 0 Å². The lowest BCUT2D eigenvalue weighted by molar-refractivity contribution is 0.537. The van der Waals surface area contributed by atoms with Crippen molar-refractivity contribution in [2.45, 2.75) is 26.8 Å². The van der Waals surface area contributed by atoms with Gasteiger partial charge >= 0.3 is 0 Å². The van der Waals surface area contributed by atoms with Gasteiger partial charge in [-0.25, -0.2) is 0 Å². The number of aromatic nitrogens is 2. The fraction of sp³-hybridized carbons (Fsp3) is 0.364. The fourth-order valence-electron chi connectivity index (χ4n) is 1.47. The SMILES string of the molecule is Cc1cccc2nn(C(C)C)cc12. The zero-order chi connectivity index (χ0) is 9.42. The van der Waals surface area contributed by atoms with Crippen molar-refractivity contribution >= 4 is 10.9 Å². The molecule has 0 N–H and O–H groups in total. The maximum atomic E-state index is 4.49. The molecule has 2 rings (SSSR count). The zero-order valence-electron chi connectivity index (χ0n) is 8.28. The van der Waals surface area contributed by atoms with Gasteiger partial charge in [0.05, 0.1) is 5.52 Å². The van der Waals surface area contributed by atoms with E-state index in [1.165, 1.54) is 10.9 Å². The highest BCUT2D eigenvalue weighted by Gasteiger charge is 2.04. The molecular weight excluding hydrogens is 160 g/mol. The zero-order valence-corrected chi connectivity index (χ0v) is 8.28. The van der Waals surface area contributed by atoms with Gasteiger partial charge in [0.25, 0.3) is 0 Å². The van der Waals surface area contributed by atoms with Crippen LogP contribution in [-0.2, 0) is 0 Å². The van der Waals surface area contributed by atoms with Crippen LogP contribution in [0.4, 0.5) is 0 Å². The van der Waals surface area contributed by atoms with Gasteiger partial charge < -0.3 is 0 Å². The monoisotopic (exact) mass is 174 g/mol. The molecule has 0 atom stereocenters. The van der Waals surface area contributed by atoms with Crippen molar-refractivity contribution in [3.8, 4) is 0 Å². The highest BCUT2D eigenvalue weighted by Crippen LogP contribution is 2.18. The Labute approximate surface area is 78.2 Å². The van der Waals surface area contributed by atoms with E-state index in [0.717, 1.165) is 5.52 Å². The molecule has 1 aromatic carbocycles. The molecule has 68 valence electrons. The van der Waals surface area contributed by atoms with Gasteiger partial charge in [-0.2, -0.15) is 5.10 Å². The molecule has 1 aromatic heterocycles. The summed E-state index contributed by atoms with van der Waals surface area (Å²) < 4.78 is 2.01. The molecular formula is C11H14N2. The van der Waals surface area contributed by atoms with E-state index >= 15 is 0 Å². The molecule has 1 heterocycles. The molecule has 0 unspecified atom stereocenters. The number of aryl methyl sites for hydroxylation is 1. The molecule has 0 aliphatic rings. The topological polar surface area (TPSA) is 17.8 Å². The lowest BCUT2D eigenvalue weighted by atomic mass is 10.1. The Kier molecular flexibility index (Phi) is 1.83. The second kappa shape index (κ2) is 2.87. The minimum Gasteiger partial charge on any atom is -0.269 e. The Morgan fingerprint density at radius 3 is 2.69 bits per heavy atom. The van der Waals surface area contributed by atoms with Gasteiger partial charge in [0.1, 0.15) is 0 Å². The number of hydrogen-bond donors (Lipinski definition) is 0. The maximum Gasteiger partial charge on any atom is 0.0926 e. The van der Waals surface area contributed by atoms with Crippen LogP contribution < -0.4 is 0 Å². The van der Waals surface area contributed by atoms with E-state index in [1.54, 1.807) is 0 Å². The number of hydrogen-bond acceptors (Lipinski definition) is 1. The summed E-state index contributed by atoms with van der Waals surface area (Å²) >= 11 is 0. The summed E-state index contributed by atoms with van der Waals surface area (Å²) in [5.74, 6) is 0. The maximum absolute atomic E-state index is 4.49. The van der Waals surface area contributed by atoms with Gasteiger partial charge in [-0.1, -0.05) is 12.1 Å². The van der Waals surface area contributed by atoms with Crippen molar-refractivity contribution in [3.05, 3.63) is 30.0 Å². The largest absolute Gasteiger partial charge is 0.269 e. The van der Waals surface area contributed by atoms with Gasteiger partial charge in [-0.05, 0) is 32.4 Å². The van der Waals surface area contributed by atoms with Crippen molar-refractivity contribution in [1.82, 2.24) is 9.78 Å². The third-order valence-corrected chi connectivity index (χ3v) is 2.31. The molecule has 13 heavy (non-hydrogen) atoms. The highest BCUT2D eigenvalue weighted by molar-refractivity contribution is 5.81. The minimum atomic E-state index is 0.437. The third-order valence-electron chi connectivity index (χ3n) is 2.31. The quantitative estimate of drug-likeness (QED) is 0.650. The van der Waals surface area contributed by atoms with Gasteiger partial charge in [-0.15, -0.1) is 0 Å². The first-order valence-electron chi connectivity index (χ1n) is 4.63. The summed E-state index contributed by atoms with van der Waals surface area (Å²) in [6.45, 7) is 6.40. The Balaban J connectivity index is 2.68. The molecule has 0 saturated carbocycles. The molecule has 0 spiro atoms. The molecule has 0 aliphatic carbocycles. The van der Waals surface area contributed by atoms with Crippen molar-refractivity contribution in [1.29, 1.82) is 0 Å². The van der Waals surface area contributed by atoms with Crippen LogP contribution in [0.2, 0.25) is 0 Å². The number of benzene rings is 1. The summed E-state index contributed by atoms with van der Waals surface area (Å²) in [5, 5.41) is 5.75. The smallest absolute Gasteiger partial charge is 0.0926 e. The van der Waals surface area contributed by atoms with Crippen LogP contribution in [0.1, 0.15) is 25.5 Å². The van der Waals surface area contributed by atoms with Crippen molar-refractivity contribution in [2.75, 3.05) is 0 Å². The minimum absolute atomic E-state index is 0.437. The van der Waals surface area contributed by atoms with E-state index in [-0.39, 0.29) is 0 Å². The van der Waals surface area contributed by atoms with E-state index < -0.39 is 0 Å². The van der Waals surface area contributed by atoms with Crippen LogP contribution in [0, 0.1) is 6.92 Å². The standard InChI is InChI=1S/C11H14N2/c1-8(2)13-7-10-9(3)5-4-6-11(10)12-13/h4-8H,1-3H3. The first-order chi connectivity index (χ1) is 6.18. The van der Waals surface area contributed by atoms with Crippen LogP contribution in [0.15, 0.2) is 24.4 Å². The molecule has 2 heteroatoms. The van der Waals surface area contributed by atoms with E-state index in [2.05, 4.69) is 50.3 Å². The Hall–Kier alpha value is -1.31. The first kappa shape index (κ1) is 8.30. The molecule has 0 fully saturated rings. The Morgan fingerprint density at radius 2 is 2.08 bits per heavy atom. The summed E-state index contributed by atoms with van der Waals surface area (Å²) in [4.78, 5) is 0. The second-order valence-electron chi connectivity index (χ2n) is 3.71. The van der Waals surface area contributed by atoms with Crippen LogP contribution in [0.3, 0.4) is 0 Å². The van der Waals surface area contributed by atoms with Gasteiger partial charge in [0.15, 0.2) is 0 Å². The predicted molar refractivity (Wildman–Crippen MR) is 54.9 cm³/mol. The van der Waals surface area contributed by atoms with Crippen LogP contribution in [0.25, 0.3) is 10.9 Å². The average Bonchev–Trinajstić information content (AvgIpc) is 2.49. The molecule has 0 radical (unpaired) electrons. The summed E-state index contributed by atoms with van der Waals surface area (Å²) in [5.41, 5.74) is 2.39. The molecule has 0 amide bonds. The number of nitrogens with zero attached hydrogens (tertiary/aromatic N) is 2. The van der Waals surface area contributed by atoms with Crippen LogP contribution >= 0.6 is 0 Å². The lowest BCUT2D eigenvalue weighted by Gasteiger charge is -2.02. The molecule has 0 aliphatic heterocycles. The number of fused-ring (bicyclic) bond motifs is 1. The normalized spacial score (nSPS) is 11.4. The highest BCUT2D eigenvalue weighted by atomic mass is 15.3.